The van der Waals surface area contributed by atoms with Crippen molar-refractivity contribution in [2.45, 2.75) is 64.5 Å². The Bertz CT molecular complexity index is 705. The third-order valence-electron chi connectivity index (χ3n) is 4.53. The average molecular weight is 357 g/mol. The third kappa shape index (κ3) is 4.61. The van der Waals surface area contributed by atoms with Crippen LogP contribution in [-0.4, -0.2) is 10.9 Å². The van der Waals surface area contributed by atoms with Gasteiger partial charge in [-0.1, -0.05) is 90.9 Å². The summed E-state index contributed by atoms with van der Waals surface area (Å²) >= 11 is 1.88. The zero-order valence-electron chi connectivity index (χ0n) is 16.7. The summed E-state index contributed by atoms with van der Waals surface area (Å²) in [6.45, 7) is 15.4. The first-order chi connectivity index (χ1) is 11.6. The normalized spacial score (nSPS) is 13.7. The number of phenolic OH excluding ortho intramolecular Hbond substituents is 1. The summed E-state index contributed by atoms with van der Waals surface area (Å²) in [6.07, 6.45) is 0. The summed E-state index contributed by atoms with van der Waals surface area (Å²) < 4.78 is 0. The van der Waals surface area contributed by atoms with E-state index in [9.17, 15) is 5.11 Å². The minimum Gasteiger partial charge on any atom is -0.507 e. The molecule has 0 aliphatic rings. The molecule has 0 saturated carbocycles. The first-order valence-corrected chi connectivity index (χ1v) is 10.1. The van der Waals surface area contributed by atoms with E-state index >= 15 is 0 Å². The molecule has 0 aromatic heterocycles. The molecule has 0 heterocycles. The van der Waals surface area contributed by atoms with Gasteiger partial charge in [0.05, 0.1) is 5.25 Å². The quantitative estimate of drug-likeness (QED) is 0.648. The topological polar surface area (TPSA) is 20.2 Å². The molecule has 0 fully saturated rings. The molecule has 2 aromatic rings. The van der Waals surface area contributed by atoms with Crippen molar-refractivity contribution in [2.75, 3.05) is 5.75 Å². The highest BCUT2D eigenvalue weighted by atomic mass is 32.2. The van der Waals surface area contributed by atoms with E-state index in [4.69, 9.17) is 0 Å². The Morgan fingerprint density at radius 2 is 1.52 bits per heavy atom. The van der Waals surface area contributed by atoms with Crippen LogP contribution < -0.4 is 0 Å². The molecule has 0 amide bonds. The SMILES string of the molecule is CCSC(c1ccccc1)c1cc(C(C)(C)C)cc(C(C)(C)C)c1O. The van der Waals surface area contributed by atoms with Crippen LogP contribution in [0.5, 0.6) is 5.75 Å². The highest BCUT2D eigenvalue weighted by Gasteiger charge is 2.28. The van der Waals surface area contributed by atoms with E-state index in [-0.39, 0.29) is 16.1 Å². The highest BCUT2D eigenvalue weighted by molar-refractivity contribution is 7.99. The maximum Gasteiger partial charge on any atom is 0.123 e. The van der Waals surface area contributed by atoms with Crippen LogP contribution in [0.1, 0.15) is 76.0 Å². The number of thioether (sulfide) groups is 1. The summed E-state index contributed by atoms with van der Waals surface area (Å²) in [7, 11) is 0. The molecule has 0 aliphatic carbocycles. The summed E-state index contributed by atoms with van der Waals surface area (Å²) in [6, 6.07) is 14.9. The minimum absolute atomic E-state index is 0.0422. The van der Waals surface area contributed by atoms with Gasteiger partial charge in [-0.05, 0) is 33.3 Å². The number of hydrogen-bond donors (Lipinski definition) is 1. The predicted octanol–water partition coefficient (Wildman–Crippen LogP) is 6.83. The van der Waals surface area contributed by atoms with Gasteiger partial charge in [0.1, 0.15) is 5.75 Å². The van der Waals surface area contributed by atoms with Gasteiger partial charge in [0.15, 0.2) is 0 Å². The monoisotopic (exact) mass is 356 g/mol. The second-order valence-corrected chi connectivity index (χ2v) is 10.1. The minimum atomic E-state index is -0.0990. The van der Waals surface area contributed by atoms with Crippen molar-refractivity contribution in [2.24, 2.45) is 0 Å². The molecule has 0 bridgehead atoms. The molecule has 2 rings (SSSR count). The number of aromatic hydroxyl groups is 1. The van der Waals surface area contributed by atoms with Crippen LogP contribution in [-0.2, 0) is 10.8 Å². The summed E-state index contributed by atoms with van der Waals surface area (Å²) in [5.74, 6) is 1.46. The predicted molar refractivity (Wildman–Crippen MR) is 112 cm³/mol. The lowest BCUT2D eigenvalue weighted by molar-refractivity contribution is 0.439. The van der Waals surface area contributed by atoms with Gasteiger partial charge >= 0.3 is 0 Å². The van der Waals surface area contributed by atoms with E-state index in [1.807, 2.05) is 17.8 Å². The number of phenols is 1. The molecule has 1 unspecified atom stereocenters. The number of hydrogen-bond acceptors (Lipinski definition) is 2. The summed E-state index contributed by atoms with van der Waals surface area (Å²) in [5.41, 5.74) is 4.54. The summed E-state index contributed by atoms with van der Waals surface area (Å²) in [5, 5.41) is 11.3. The van der Waals surface area contributed by atoms with E-state index in [1.165, 1.54) is 11.1 Å². The fourth-order valence-electron chi connectivity index (χ4n) is 3.02. The lowest BCUT2D eigenvalue weighted by Gasteiger charge is -2.29. The van der Waals surface area contributed by atoms with Crippen molar-refractivity contribution in [1.82, 2.24) is 0 Å². The van der Waals surface area contributed by atoms with Crippen LogP contribution in [0.3, 0.4) is 0 Å². The fraction of sp³-hybridized carbons (Fsp3) is 0.478. The van der Waals surface area contributed by atoms with Gasteiger partial charge in [-0.3, -0.25) is 0 Å². The molecule has 2 aromatic carbocycles. The Hall–Kier alpha value is -1.41. The molecule has 1 atom stereocenters. The zero-order chi connectivity index (χ0) is 18.8. The average Bonchev–Trinajstić information content (AvgIpc) is 2.52. The standard InChI is InChI=1S/C23H32OS/c1-8-25-21(16-12-10-9-11-13-16)18-14-17(22(2,3)4)15-19(20(18)24)23(5,6)7/h9-15,21,24H,8H2,1-7H3. The second-order valence-electron chi connectivity index (χ2n) is 8.71. The van der Waals surface area contributed by atoms with Crippen LogP contribution in [0, 0.1) is 0 Å². The van der Waals surface area contributed by atoms with Crippen molar-refractivity contribution in [1.29, 1.82) is 0 Å². The van der Waals surface area contributed by atoms with E-state index in [0.717, 1.165) is 16.9 Å². The Balaban J connectivity index is 2.73. The van der Waals surface area contributed by atoms with Crippen LogP contribution in [0.4, 0.5) is 0 Å². The van der Waals surface area contributed by atoms with E-state index in [1.54, 1.807) is 0 Å². The van der Waals surface area contributed by atoms with Gasteiger partial charge in [-0.15, -0.1) is 11.8 Å². The third-order valence-corrected chi connectivity index (χ3v) is 5.72. The van der Waals surface area contributed by atoms with Crippen LogP contribution in [0.15, 0.2) is 42.5 Å². The smallest absolute Gasteiger partial charge is 0.123 e. The van der Waals surface area contributed by atoms with Crippen molar-refractivity contribution >= 4 is 11.8 Å². The molecule has 0 spiro atoms. The molecule has 25 heavy (non-hydrogen) atoms. The highest BCUT2D eigenvalue weighted by Crippen LogP contribution is 2.45. The number of benzene rings is 2. The molecular formula is C23H32OS. The molecule has 2 heteroatoms. The van der Waals surface area contributed by atoms with Crippen LogP contribution in [0.25, 0.3) is 0 Å². The first kappa shape index (κ1) is 19.9. The van der Waals surface area contributed by atoms with Crippen LogP contribution in [0.2, 0.25) is 0 Å². The largest absolute Gasteiger partial charge is 0.507 e. The maximum absolute atomic E-state index is 11.2. The van der Waals surface area contributed by atoms with Gasteiger partial charge < -0.3 is 5.11 Å². The Kier molecular flexibility index (Phi) is 5.93. The Labute approximate surface area is 157 Å². The second kappa shape index (κ2) is 7.45. The summed E-state index contributed by atoms with van der Waals surface area (Å²) in [4.78, 5) is 0. The van der Waals surface area contributed by atoms with Gasteiger partial charge in [-0.25, -0.2) is 0 Å². The molecular weight excluding hydrogens is 324 g/mol. The van der Waals surface area contributed by atoms with Gasteiger partial charge in [0.2, 0.25) is 0 Å². The maximum atomic E-state index is 11.2. The zero-order valence-corrected chi connectivity index (χ0v) is 17.5. The van der Waals surface area contributed by atoms with Crippen molar-refractivity contribution in [3.8, 4) is 5.75 Å². The van der Waals surface area contributed by atoms with Crippen molar-refractivity contribution < 1.29 is 5.11 Å². The van der Waals surface area contributed by atoms with E-state index < -0.39 is 0 Å². The molecule has 1 nitrogen and oxygen atoms in total. The van der Waals surface area contributed by atoms with Crippen molar-refractivity contribution in [3.63, 3.8) is 0 Å². The Morgan fingerprint density at radius 3 is 2.00 bits per heavy atom. The van der Waals surface area contributed by atoms with Gasteiger partial charge in [-0.2, -0.15) is 0 Å². The molecule has 0 saturated heterocycles. The van der Waals surface area contributed by atoms with Gasteiger partial charge in [0.25, 0.3) is 0 Å². The van der Waals surface area contributed by atoms with E-state index in [0.29, 0.717) is 5.75 Å². The first-order valence-electron chi connectivity index (χ1n) is 9.10. The molecule has 1 N–H and O–H groups in total. The van der Waals surface area contributed by atoms with Crippen LogP contribution >= 0.6 is 11.8 Å². The van der Waals surface area contributed by atoms with E-state index in [2.05, 4.69) is 84.9 Å². The molecule has 0 aliphatic heterocycles. The van der Waals surface area contributed by atoms with Crippen molar-refractivity contribution in [3.05, 3.63) is 64.7 Å². The lowest BCUT2D eigenvalue weighted by Crippen LogP contribution is -2.18. The molecule has 0 radical (unpaired) electrons. The lowest BCUT2D eigenvalue weighted by atomic mass is 9.78. The number of rotatable bonds is 4. The fourth-order valence-corrected chi connectivity index (χ4v) is 4.06. The van der Waals surface area contributed by atoms with Gasteiger partial charge in [0, 0.05) is 5.56 Å². The Morgan fingerprint density at radius 1 is 0.920 bits per heavy atom. The molecule has 136 valence electrons.